The quantitative estimate of drug-likeness (QED) is 0.0198. The Labute approximate surface area is 358 Å². The molecule has 0 aliphatic carbocycles. The summed E-state index contributed by atoms with van der Waals surface area (Å²) in [6.45, 7) is 3.76. The fourth-order valence-corrected chi connectivity index (χ4v) is 8.07. The van der Waals surface area contributed by atoms with Crippen molar-refractivity contribution in [3.63, 3.8) is 0 Å². The van der Waals surface area contributed by atoms with Gasteiger partial charge in [0.1, 0.15) is 36.8 Å². The topological polar surface area (TPSA) is 186 Å². The molecule has 2 unspecified atom stereocenters. The maximum absolute atomic E-state index is 12.8. The molecular formula is C46H86O12S. The zero-order chi connectivity index (χ0) is 43.4. The van der Waals surface area contributed by atoms with Gasteiger partial charge in [-0.15, -0.1) is 0 Å². The Kier molecular flexibility index (Phi) is 34.7. The summed E-state index contributed by atoms with van der Waals surface area (Å²) in [5.74, 6) is -2.00. The molecule has 12 nitrogen and oxygen atoms in total. The van der Waals surface area contributed by atoms with Gasteiger partial charge in [0.05, 0.1) is 6.61 Å². The van der Waals surface area contributed by atoms with Crippen LogP contribution < -0.4 is 0 Å². The van der Waals surface area contributed by atoms with Gasteiger partial charge in [0.15, 0.2) is 12.4 Å². The highest BCUT2D eigenvalue weighted by Crippen LogP contribution is 2.24. The fourth-order valence-electron chi connectivity index (χ4n) is 7.38. The summed E-state index contributed by atoms with van der Waals surface area (Å²) in [4.78, 5) is 25.4. The van der Waals surface area contributed by atoms with Gasteiger partial charge in [-0.25, -0.2) is 0 Å². The zero-order valence-electron chi connectivity index (χ0n) is 37.1. The van der Waals surface area contributed by atoms with E-state index in [0.717, 1.165) is 38.5 Å². The van der Waals surface area contributed by atoms with Crippen LogP contribution in [0.2, 0.25) is 0 Å². The molecule has 348 valence electrons. The highest BCUT2D eigenvalue weighted by molar-refractivity contribution is 7.85. The van der Waals surface area contributed by atoms with Gasteiger partial charge in [0.25, 0.3) is 10.1 Å². The summed E-state index contributed by atoms with van der Waals surface area (Å²) in [5, 5.41) is 30.9. The van der Waals surface area contributed by atoms with E-state index in [1.54, 1.807) is 0 Å². The Hall–Kier alpha value is -1.61. The van der Waals surface area contributed by atoms with E-state index in [2.05, 4.69) is 26.0 Å². The van der Waals surface area contributed by atoms with E-state index in [9.17, 15) is 37.9 Å². The number of rotatable bonds is 40. The predicted octanol–water partition coefficient (Wildman–Crippen LogP) is 9.84. The van der Waals surface area contributed by atoms with Crippen LogP contribution in [0.15, 0.2) is 12.2 Å². The van der Waals surface area contributed by atoms with E-state index in [1.165, 1.54) is 135 Å². The number of aliphatic hydroxyl groups is 3. The molecule has 1 saturated heterocycles. The summed E-state index contributed by atoms with van der Waals surface area (Å²) < 4.78 is 54.1. The number of unbranched alkanes of at least 4 members (excludes halogenated alkanes) is 26. The minimum absolute atomic E-state index is 0.166. The van der Waals surface area contributed by atoms with Gasteiger partial charge < -0.3 is 34.3 Å². The third kappa shape index (κ3) is 31.8. The highest BCUT2D eigenvalue weighted by Gasteiger charge is 2.46. The lowest BCUT2D eigenvalue weighted by Crippen LogP contribution is -2.60. The van der Waals surface area contributed by atoms with Crippen molar-refractivity contribution in [2.24, 2.45) is 0 Å². The molecule has 0 aromatic heterocycles. The van der Waals surface area contributed by atoms with Crippen molar-refractivity contribution in [1.29, 1.82) is 0 Å². The highest BCUT2D eigenvalue weighted by atomic mass is 32.2. The van der Waals surface area contributed by atoms with Gasteiger partial charge >= 0.3 is 11.9 Å². The van der Waals surface area contributed by atoms with E-state index in [1.807, 2.05) is 0 Å². The van der Waals surface area contributed by atoms with Crippen LogP contribution in [0.5, 0.6) is 0 Å². The fraction of sp³-hybridized carbons (Fsp3) is 0.913. The van der Waals surface area contributed by atoms with Gasteiger partial charge in [0, 0.05) is 12.8 Å². The van der Waals surface area contributed by atoms with Crippen molar-refractivity contribution >= 4 is 22.1 Å². The SMILES string of the molecule is CCCCCCCCCCC/C=C/CCCCC(=O)OC[C@H](CO[C@H]1O[C@H](CS(=O)(=O)O)[C@@H](O)C(O)C1O)OC(=O)CCCCCCCCCCCCCCCCCC. The van der Waals surface area contributed by atoms with Crippen molar-refractivity contribution in [1.82, 2.24) is 0 Å². The second-order valence-corrected chi connectivity index (χ2v) is 18.3. The number of esters is 2. The first-order chi connectivity index (χ1) is 28.5. The lowest BCUT2D eigenvalue weighted by atomic mass is 10.00. The molecule has 0 aromatic carbocycles. The normalized spacial score (nSPS) is 20.3. The van der Waals surface area contributed by atoms with E-state index in [-0.39, 0.29) is 19.4 Å². The van der Waals surface area contributed by atoms with Gasteiger partial charge in [-0.05, 0) is 38.5 Å². The van der Waals surface area contributed by atoms with Crippen molar-refractivity contribution < 1.29 is 56.8 Å². The molecule has 1 aliphatic rings. The summed E-state index contributed by atoms with van der Waals surface area (Å²) in [6.07, 6.45) is 29.7. The van der Waals surface area contributed by atoms with E-state index in [4.69, 9.17) is 18.9 Å². The Balaban J connectivity index is 2.43. The minimum atomic E-state index is -4.60. The van der Waals surface area contributed by atoms with Crippen molar-refractivity contribution in [3.05, 3.63) is 12.2 Å². The molecule has 1 aliphatic heterocycles. The van der Waals surface area contributed by atoms with Crippen molar-refractivity contribution in [2.45, 2.75) is 250 Å². The summed E-state index contributed by atoms with van der Waals surface area (Å²) in [5.41, 5.74) is 0. The maximum atomic E-state index is 12.8. The van der Waals surface area contributed by atoms with E-state index < -0.39 is 71.2 Å². The number of carbonyl (C=O) groups excluding carboxylic acids is 2. The van der Waals surface area contributed by atoms with Crippen molar-refractivity contribution in [2.75, 3.05) is 19.0 Å². The van der Waals surface area contributed by atoms with E-state index in [0.29, 0.717) is 12.8 Å². The van der Waals surface area contributed by atoms with Crippen LogP contribution in [0.1, 0.15) is 213 Å². The van der Waals surface area contributed by atoms with Crippen LogP contribution in [-0.4, -0.2) is 96.0 Å². The summed E-state index contributed by atoms with van der Waals surface area (Å²) in [6, 6.07) is 0. The number of hydrogen-bond donors (Lipinski definition) is 4. The molecule has 13 heteroatoms. The number of allylic oxidation sites excluding steroid dienone is 2. The van der Waals surface area contributed by atoms with E-state index >= 15 is 0 Å². The molecule has 4 N–H and O–H groups in total. The Morgan fingerprint density at radius 2 is 0.966 bits per heavy atom. The molecule has 0 spiro atoms. The first-order valence-corrected chi connectivity index (χ1v) is 25.4. The van der Waals surface area contributed by atoms with Crippen LogP contribution in [0.25, 0.3) is 0 Å². The Bertz CT molecular complexity index is 1150. The first kappa shape index (κ1) is 55.4. The van der Waals surface area contributed by atoms with Gasteiger partial charge in [-0.3, -0.25) is 14.1 Å². The Morgan fingerprint density at radius 1 is 0.559 bits per heavy atom. The number of aliphatic hydroxyl groups excluding tert-OH is 3. The van der Waals surface area contributed by atoms with Crippen LogP contribution in [0.3, 0.4) is 0 Å². The third-order valence-corrected chi connectivity index (χ3v) is 11.8. The molecular weight excluding hydrogens is 777 g/mol. The molecule has 0 bridgehead atoms. The van der Waals surface area contributed by atoms with Crippen LogP contribution in [0.4, 0.5) is 0 Å². The zero-order valence-corrected chi connectivity index (χ0v) is 37.9. The molecule has 1 heterocycles. The minimum Gasteiger partial charge on any atom is -0.462 e. The average molecular weight is 863 g/mol. The third-order valence-electron chi connectivity index (χ3n) is 11.1. The Morgan fingerprint density at radius 3 is 1.44 bits per heavy atom. The van der Waals surface area contributed by atoms with Crippen LogP contribution >= 0.6 is 0 Å². The average Bonchev–Trinajstić information content (AvgIpc) is 3.20. The molecule has 0 aromatic rings. The lowest BCUT2D eigenvalue weighted by Gasteiger charge is -2.40. The van der Waals surface area contributed by atoms with Crippen LogP contribution in [-0.2, 0) is 38.7 Å². The monoisotopic (exact) mass is 863 g/mol. The summed E-state index contributed by atoms with van der Waals surface area (Å²) in [7, 11) is -4.60. The molecule has 0 saturated carbocycles. The van der Waals surface area contributed by atoms with Crippen molar-refractivity contribution in [3.8, 4) is 0 Å². The first-order valence-electron chi connectivity index (χ1n) is 23.7. The largest absolute Gasteiger partial charge is 0.462 e. The molecule has 1 rings (SSSR count). The molecule has 59 heavy (non-hydrogen) atoms. The molecule has 6 atom stereocenters. The molecule has 0 radical (unpaired) electrons. The second kappa shape index (κ2) is 37.0. The number of hydrogen-bond acceptors (Lipinski definition) is 11. The van der Waals surface area contributed by atoms with Gasteiger partial charge in [-0.1, -0.05) is 174 Å². The number of carbonyl (C=O) groups is 2. The molecule has 1 fully saturated rings. The lowest BCUT2D eigenvalue weighted by molar-refractivity contribution is -0.297. The smallest absolute Gasteiger partial charge is 0.306 e. The molecule has 0 amide bonds. The summed E-state index contributed by atoms with van der Waals surface area (Å²) >= 11 is 0. The standard InChI is InChI=1S/C46H86O12S/c1-3-5-7-9-11-13-15-17-19-21-23-25-27-29-31-33-35-42(48)57-39(37-56-46-45(51)44(50)43(49)40(58-46)38-59(52,53)54)36-55-41(47)34-32-30-28-26-24-22-20-18-16-14-12-10-8-6-4-2/h24,26,39-40,43-46,49-51H,3-23,25,27-38H2,1-2H3,(H,52,53,54)/b26-24+/t39-,40-,43-,44?,45?,46+/m1/s1. The van der Waals surface area contributed by atoms with Gasteiger partial charge in [0.2, 0.25) is 0 Å². The predicted molar refractivity (Wildman–Crippen MR) is 234 cm³/mol. The number of ether oxygens (including phenoxy) is 4. The van der Waals surface area contributed by atoms with Gasteiger partial charge in [-0.2, -0.15) is 8.42 Å². The van der Waals surface area contributed by atoms with Crippen LogP contribution in [0, 0.1) is 0 Å². The maximum Gasteiger partial charge on any atom is 0.306 e. The second-order valence-electron chi connectivity index (χ2n) is 16.8.